The Morgan fingerprint density at radius 2 is 2.10 bits per heavy atom. The summed E-state index contributed by atoms with van der Waals surface area (Å²) < 4.78 is 5.37. The quantitative estimate of drug-likeness (QED) is 0.928. The molecule has 0 radical (unpaired) electrons. The molecular formula is C15H23ClN2O2. The van der Waals surface area contributed by atoms with Crippen LogP contribution in [-0.4, -0.2) is 36.5 Å². The van der Waals surface area contributed by atoms with Gasteiger partial charge < -0.3 is 15.4 Å². The first-order valence-corrected chi connectivity index (χ1v) is 6.89. The van der Waals surface area contributed by atoms with E-state index in [0.717, 1.165) is 25.3 Å². The highest BCUT2D eigenvalue weighted by Crippen LogP contribution is 2.21. The number of likely N-dealkylation sites (tertiary alicyclic amines) is 1. The van der Waals surface area contributed by atoms with Crippen molar-refractivity contribution in [2.24, 2.45) is 11.7 Å². The number of rotatable bonds is 4. The van der Waals surface area contributed by atoms with Gasteiger partial charge in [-0.15, -0.1) is 12.4 Å². The van der Waals surface area contributed by atoms with Gasteiger partial charge in [0.15, 0.2) is 0 Å². The van der Waals surface area contributed by atoms with Crippen LogP contribution in [0, 0.1) is 5.92 Å². The van der Waals surface area contributed by atoms with Crippen molar-refractivity contribution >= 4 is 18.3 Å². The van der Waals surface area contributed by atoms with Gasteiger partial charge in [-0.25, -0.2) is 0 Å². The molecule has 1 aliphatic heterocycles. The molecule has 0 saturated carbocycles. The third kappa shape index (κ3) is 3.87. The van der Waals surface area contributed by atoms with Crippen LogP contribution in [0.3, 0.4) is 0 Å². The fourth-order valence-corrected chi connectivity index (χ4v) is 2.44. The van der Waals surface area contributed by atoms with E-state index in [0.29, 0.717) is 18.1 Å². The molecule has 2 atom stereocenters. The summed E-state index contributed by atoms with van der Waals surface area (Å²) in [5.74, 6) is 1.31. The summed E-state index contributed by atoms with van der Waals surface area (Å²) in [6.45, 7) is 6.16. The molecule has 0 aromatic heterocycles. The van der Waals surface area contributed by atoms with E-state index in [1.165, 1.54) is 0 Å². The SMILES string of the molecule is CCOc1ccc(C(=O)N2CCC(C(C)N)C2)cc1.Cl. The second-order valence-corrected chi connectivity index (χ2v) is 5.12. The molecule has 20 heavy (non-hydrogen) atoms. The van der Waals surface area contributed by atoms with Gasteiger partial charge in [0.1, 0.15) is 5.75 Å². The number of benzene rings is 1. The first-order valence-electron chi connectivity index (χ1n) is 6.89. The van der Waals surface area contributed by atoms with Crippen LogP contribution in [0.4, 0.5) is 0 Å². The number of nitrogens with two attached hydrogens (primary N) is 1. The molecule has 2 unspecified atom stereocenters. The molecule has 1 heterocycles. The van der Waals surface area contributed by atoms with Crippen LogP contribution < -0.4 is 10.5 Å². The molecule has 0 spiro atoms. The average Bonchev–Trinajstić information content (AvgIpc) is 2.89. The zero-order valence-corrected chi connectivity index (χ0v) is 12.9. The summed E-state index contributed by atoms with van der Waals surface area (Å²) in [7, 11) is 0. The molecule has 2 N–H and O–H groups in total. The van der Waals surface area contributed by atoms with Crippen molar-refractivity contribution in [1.29, 1.82) is 0 Å². The molecule has 1 aromatic carbocycles. The molecule has 4 nitrogen and oxygen atoms in total. The summed E-state index contributed by atoms with van der Waals surface area (Å²) in [6, 6.07) is 7.49. The number of hydrogen-bond donors (Lipinski definition) is 1. The third-order valence-corrected chi connectivity index (χ3v) is 3.67. The van der Waals surface area contributed by atoms with Crippen molar-refractivity contribution in [3.05, 3.63) is 29.8 Å². The predicted molar refractivity (Wildman–Crippen MR) is 82.5 cm³/mol. The van der Waals surface area contributed by atoms with Gasteiger partial charge in [0.25, 0.3) is 5.91 Å². The molecule has 2 rings (SSSR count). The summed E-state index contributed by atoms with van der Waals surface area (Å²) in [5, 5.41) is 0. The van der Waals surface area contributed by atoms with Gasteiger partial charge in [-0.05, 0) is 50.5 Å². The number of ether oxygens (including phenoxy) is 1. The first-order chi connectivity index (χ1) is 9.11. The summed E-state index contributed by atoms with van der Waals surface area (Å²) in [5.41, 5.74) is 6.61. The highest BCUT2D eigenvalue weighted by Gasteiger charge is 2.28. The second kappa shape index (κ2) is 7.50. The topological polar surface area (TPSA) is 55.6 Å². The van der Waals surface area contributed by atoms with Crippen LogP contribution >= 0.6 is 12.4 Å². The van der Waals surface area contributed by atoms with Gasteiger partial charge in [0, 0.05) is 24.7 Å². The van der Waals surface area contributed by atoms with Crippen LogP contribution in [-0.2, 0) is 0 Å². The fourth-order valence-electron chi connectivity index (χ4n) is 2.44. The maximum Gasteiger partial charge on any atom is 0.253 e. The lowest BCUT2D eigenvalue weighted by Gasteiger charge is -2.18. The zero-order valence-electron chi connectivity index (χ0n) is 12.0. The number of carbonyl (C=O) groups is 1. The average molecular weight is 299 g/mol. The van der Waals surface area contributed by atoms with Crippen LogP contribution in [0.1, 0.15) is 30.6 Å². The van der Waals surface area contributed by atoms with Crippen molar-refractivity contribution in [3.8, 4) is 5.75 Å². The van der Waals surface area contributed by atoms with E-state index >= 15 is 0 Å². The van der Waals surface area contributed by atoms with Crippen molar-refractivity contribution in [2.75, 3.05) is 19.7 Å². The number of amides is 1. The van der Waals surface area contributed by atoms with Gasteiger partial charge >= 0.3 is 0 Å². The molecule has 0 bridgehead atoms. The number of carbonyl (C=O) groups excluding carboxylic acids is 1. The Labute approximate surface area is 126 Å². The first kappa shape index (κ1) is 16.8. The van der Waals surface area contributed by atoms with Gasteiger partial charge in [-0.1, -0.05) is 0 Å². The Kier molecular flexibility index (Phi) is 6.30. The molecule has 0 aliphatic carbocycles. The van der Waals surface area contributed by atoms with E-state index in [-0.39, 0.29) is 24.4 Å². The van der Waals surface area contributed by atoms with E-state index in [4.69, 9.17) is 10.5 Å². The van der Waals surface area contributed by atoms with Gasteiger partial charge in [-0.3, -0.25) is 4.79 Å². The molecule has 1 saturated heterocycles. The third-order valence-electron chi connectivity index (χ3n) is 3.67. The summed E-state index contributed by atoms with van der Waals surface area (Å²) in [4.78, 5) is 14.2. The highest BCUT2D eigenvalue weighted by molar-refractivity contribution is 5.94. The van der Waals surface area contributed by atoms with Crippen molar-refractivity contribution in [2.45, 2.75) is 26.3 Å². The van der Waals surface area contributed by atoms with E-state index < -0.39 is 0 Å². The Hall–Kier alpha value is -1.26. The normalized spacial score (nSPS) is 19.4. The Morgan fingerprint density at radius 1 is 1.45 bits per heavy atom. The largest absolute Gasteiger partial charge is 0.494 e. The van der Waals surface area contributed by atoms with Crippen LogP contribution in [0.25, 0.3) is 0 Å². The molecule has 1 fully saturated rings. The minimum Gasteiger partial charge on any atom is -0.494 e. The maximum absolute atomic E-state index is 12.3. The molecular weight excluding hydrogens is 276 g/mol. The van der Waals surface area contributed by atoms with Gasteiger partial charge in [0.2, 0.25) is 0 Å². The van der Waals surface area contributed by atoms with Crippen molar-refractivity contribution in [3.63, 3.8) is 0 Å². The molecule has 1 amide bonds. The summed E-state index contributed by atoms with van der Waals surface area (Å²) in [6.07, 6.45) is 1.00. The molecule has 5 heteroatoms. The minimum absolute atomic E-state index is 0. The standard InChI is InChI=1S/C15H22N2O2.ClH/c1-3-19-14-6-4-12(5-7-14)15(18)17-9-8-13(10-17)11(2)16;/h4-7,11,13H,3,8-10,16H2,1-2H3;1H. The van der Waals surface area contributed by atoms with Crippen molar-refractivity contribution < 1.29 is 9.53 Å². The van der Waals surface area contributed by atoms with Crippen LogP contribution in [0.15, 0.2) is 24.3 Å². The Morgan fingerprint density at radius 3 is 2.60 bits per heavy atom. The summed E-state index contributed by atoms with van der Waals surface area (Å²) >= 11 is 0. The Bertz CT molecular complexity index is 434. The Balaban J connectivity index is 0.00000200. The van der Waals surface area contributed by atoms with Crippen LogP contribution in [0.2, 0.25) is 0 Å². The number of hydrogen-bond acceptors (Lipinski definition) is 3. The number of nitrogens with zero attached hydrogens (tertiary/aromatic N) is 1. The van der Waals surface area contributed by atoms with Crippen LogP contribution in [0.5, 0.6) is 5.75 Å². The lowest BCUT2D eigenvalue weighted by atomic mass is 10.0. The monoisotopic (exact) mass is 298 g/mol. The maximum atomic E-state index is 12.3. The van der Waals surface area contributed by atoms with Gasteiger partial charge in [0.05, 0.1) is 6.61 Å². The van der Waals surface area contributed by atoms with E-state index in [9.17, 15) is 4.79 Å². The van der Waals surface area contributed by atoms with Gasteiger partial charge in [-0.2, -0.15) is 0 Å². The lowest BCUT2D eigenvalue weighted by molar-refractivity contribution is 0.0786. The highest BCUT2D eigenvalue weighted by atomic mass is 35.5. The number of halogens is 1. The van der Waals surface area contributed by atoms with Crippen molar-refractivity contribution in [1.82, 2.24) is 4.90 Å². The molecule has 1 aromatic rings. The fraction of sp³-hybridized carbons (Fsp3) is 0.533. The molecule has 112 valence electrons. The second-order valence-electron chi connectivity index (χ2n) is 5.12. The van der Waals surface area contributed by atoms with E-state index in [2.05, 4.69) is 0 Å². The minimum atomic E-state index is 0. The van der Waals surface area contributed by atoms with E-state index in [1.54, 1.807) is 0 Å². The lowest BCUT2D eigenvalue weighted by Crippen LogP contribution is -2.32. The smallest absolute Gasteiger partial charge is 0.253 e. The molecule has 1 aliphatic rings. The van der Waals surface area contributed by atoms with E-state index in [1.807, 2.05) is 43.0 Å². The zero-order chi connectivity index (χ0) is 13.8. The predicted octanol–water partition coefficient (Wildman–Crippen LogP) is 2.32.